The van der Waals surface area contributed by atoms with E-state index in [-0.39, 0.29) is 19.3 Å². The SMILES string of the molecule is CC/C=C\C/C=C\C/C=C\C/C=C\C/C=C\CCCCCCCCCCCCCCCC(=O)OCC(O)COP(=O)(O)OCC(O)COP(=O)(O)OCC(COC(=O)CCCCCCCCCCCCC/C=C\C/C=C\C/C=C\C/C=C\C/C=C\CC)OC(=O)CCCCCCCCC/C=C\C/C=C\C/C=C\CC. The molecule has 0 radical (unpaired) electrons. The first-order chi connectivity index (χ1) is 53.2. The van der Waals surface area contributed by atoms with Gasteiger partial charge in [-0.3, -0.25) is 32.5 Å². The molecule has 5 atom stereocenters. The highest BCUT2D eigenvalue weighted by molar-refractivity contribution is 7.47. The van der Waals surface area contributed by atoms with Gasteiger partial charge in [-0.05, 0) is 141 Å². The molecule has 0 aromatic heterocycles. The van der Waals surface area contributed by atoms with Crippen LogP contribution >= 0.6 is 15.6 Å². The largest absolute Gasteiger partial charge is 0.472 e. The number of aliphatic hydroxyl groups excluding tert-OH is 2. The van der Waals surface area contributed by atoms with E-state index in [2.05, 4.69) is 179 Å². The molecule has 0 amide bonds. The van der Waals surface area contributed by atoms with E-state index in [0.717, 1.165) is 186 Å². The number of rotatable bonds is 80. The van der Waals surface area contributed by atoms with Crippen molar-refractivity contribution >= 4 is 33.6 Å². The quantitative estimate of drug-likeness (QED) is 0.0146. The molecule has 4 N–H and O–H groups in total. The molecular formula is C91H154O16P2. The van der Waals surface area contributed by atoms with Crippen molar-refractivity contribution in [3.63, 3.8) is 0 Å². The van der Waals surface area contributed by atoms with Crippen molar-refractivity contribution in [3.05, 3.63) is 158 Å². The number of phosphoric acid groups is 2. The summed E-state index contributed by atoms with van der Waals surface area (Å²) in [5.41, 5.74) is 0. The molecular weight excluding hydrogens is 1410 g/mol. The highest BCUT2D eigenvalue weighted by Gasteiger charge is 2.29. The number of ether oxygens (including phenoxy) is 3. The predicted molar refractivity (Wildman–Crippen MR) is 454 cm³/mol. The summed E-state index contributed by atoms with van der Waals surface area (Å²) in [6.07, 6.45) is 104. The molecule has 0 aliphatic carbocycles. The average Bonchev–Trinajstić information content (AvgIpc) is 0.902. The maximum Gasteiger partial charge on any atom is 0.472 e. The van der Waals surface area contributed by atoms with Crippen LogP contribution in [0.1, 0.15) is 342 Å². The number of carbonyl (C=O) groups excluding carboxylic acids is 3. The number of aliphatic hydroxyl groups is 2. The Morgan fingerprint density at radius 3 is 0.725 bits per heavy atom. The van der Waals surface area contributed by atoms with Gasteiger partial charge in [-0.2, -0.15) is 0 Å². The highest BCUT2D eigenvalue weighted by atomic mass is 31.2. The lowest BCUT2D eigenvalue weighted by atomic mass is 10.0. The first-order valence-electron chi connectivity index (χ1n) is 42.8. The lowest BCUT2D eigenvalue weighted by Crippen LogP contribution is -2.30. The van der Waals surface area contributed by atoms with E-state index in [4.69, 9.17) is 32.3 Å². The molecule has 16 nitrogen and oxygen atoms in total. The van der Waals surface area contributed by atoms with Crippen molar-refractivity contribution < 1.29 is 75.8 Å². The van der Waals surface area contributed by atoms with Crippen LogP contribution < -0.4 is 0 Å². The number of hydrogen-bond acceptors (Lipinski definition) is 14. The molecule has 0 saturated carbocycles. The Hall–Kier alpha value is -4.83. The van der Waals surface area contributed by atoms with Crippen molar-refractivity contribution in [3.8, 4) is 0 Å². The first kappa shape index (κ1) is 104. The van der Waals surface area contributed by atoms with Gasteiger partial charge in [0.1, 0.15) is 25.4 Å². The van der Waals surface area contributed by atoms with Gasteiger partial charge >= 0.3 is 33.6 Å². The maximum atomic E-state index is 13.0. The molecule has 0 fully saturated rings. The van der Waals surface area contributed by atoms with Gasteiger partial charge in [0.05, 0.1) is 26.4 Å². The number of unbranched alkanes of at least 4 members (excludes halogenated alkanes) is 31. The Morgan fingerprint density at radius 2 is 0.459 bits per heavy atom. The second-order valence-corrected chi connectivity index (χ2v) is 31.1. The fraction of sp³-hybridized carbons (Fsp3) is 0.681. The molecule has 0 heterocycles. The fourth-order valence-electron chi connectivity index (χ4n) is 11.3. The first-order valence-corrected chi connectivity index (χ1v) is 45.8. The summed E-state index contributed by atoms with van der Waals surface area (Å²) in [4.78, 5) is 58.8. The minimum atomic E-state index is -4.94. The summed E-state index contributed by atoms with van der Waals surface area (Å²) < 4.78 is 61.3. The Bertz CT molecular complexity index is 2610. The molecule has 0 aromatic rings. The van der Waals surface area contributed by atoms with Crippen LogP contribution in [0.25, 0.3) is 0 Å². The van der Waals surface area contributed by atoms with Crippen molar-refractivity contribution in [1.82, 2.24) is 0 Å². The topological polar surface area (TPSA) is 231 Å². The van der Waals surface area contributed by atoms with E-state index in [1.165, 1.54) is 96.3 Å². The van der Waals surface area contributed by atoms with Crippen LogP contribution in [0.3, 0.4) is 0 Å². The fourth-order valence-corrected chi connectivity index (χ4v) is 12.9. The van der Waals surface area contributed by atoms with E-state index < -0.39 is 91.5 Å². The molecule has 0 aromatic carbocycles. The van der Waals surface area contributed by atoms with E-state index in [1.54, 1.807) is 0 Å². The number of hydrogen-bond donors (Lipinski definition) is 4. The summed E-state index contributed by atoms with van der Waals surface area (Å²) in [5, 5.41) is 20.7. The number of allylic oxidation sites excluding steroid dienone is 26. The van der Waals surface area contributed by atoms with Gasteiger partial charge in [0.15, 0.2) is 6.10 Å². The van der Waals surface area contributed by atoms with Crippen LogP contribution in [0.15, 0.2) is 158 Å². The van der Waals surface area contributed by atoms with Gasteiger partial charge < -0.3 is 34.2 Å². The van der Waals surface area contributed by atoms with E-state index >= 15 is 0 Å². The van der Waals surface area contributed by atoms with Gasteiger partial charge in [-0.25, -0.2) is 9.13 Å². The van der Waals surface area contributed by atoms with E-state index in [0.29, 0.717) is 19.3 Å². The summed E-state index contributed by atoms with van der Waals surface area (Å²) in [5.74, 6) is -1.59. The van der Waals surface area contributed by atoms with Crippen molar-refractivity contribution in [2.45, 2.75) is 360 Å². The van der Waals surface area contributed by atoms with E-state index in [1.807, 2.05) is 0 Å². The van der Waals surface area contributed by atoms with Crippen molar-refractivity contribution in [2.24, 2.45) is 0 Å². The molecule has 624 valence electrons. The summed E-state index contributed by atoms with van der Waals surface area (Å²) in [7, 11) is -9.81. The molecule has 0 rings (SSSR count). The summed E-state index contributed by atoms with van der Waals surface area (Å²) in [6, 6.07) is 0. The molecule has 0 bridgehead atoms. The second kappa shape index (κ2) is 82.6. The van der Waals surface area contributed by atoms with Gasteiger partial charge in [-0.1, -0.05) is 339 Å². The molecule has 0 spiro atoms. The molecule has 109 heavy (non-hydrogen) atoms. The minimum absolute atomic E-state index is 0.0894. The Kier molecular flexibility index (Phi) is 79.0. The van der Waals surface area contributed by atoms with Crippen molar-refractivity contribution in [2.75, 3.05) is 39.6 Å². The van der Waals surface area contributed by atoms with Gasteiger partial charge in [-0.15, -0.1) is 0 Å². The average molecular weight is 1570 g/mol. The van der Waals surface area contributed by atoms with Crippen LogP contribution in [-0.2, 0) is 55.8 Å². The third-order valence-electron chi connectivity index (χ3n) is 17.7. The van der Waals surface area contributed by atoms with Crippen molar-refractivity contribution in [1.29, 1.82) is 0 Å². The molecule has 18 heteroatoms. The zero-order valence-electron chi connectivity index (χ0n) is 68.4. The van der Waals surface area contributed by atoms with Crippen LogP contribution in [0, 0.1) is 0 Å². The Morgan fingerprint density at radius 1 is 0.257 bits per heavy atom. The second-order valence-electron chi connectivity index (χ2n) is 28.2. The summed E-state index contributed by atoms with van der Waals surface area (Å²) in [6.45, 7) is 2.36. The molecule has 5 unspecified atom stereocenters. The number of esters is 3. The van der Waals surface area contributed by atoms with Gasteiger partial charge in [0.2, 0.25) is 0 Å². The van der Waals surface area contributed by atoms with Crippen LogP contribution in [0.2, 0.25) is 0 Å². The standard InChI is InChI=1S/C91H154O16P2/c1-4-7-10-13-16-19-22-25-28-31-33-35-37-39-41-42-44-46-47-49-51-54-56-59-62-65-68-71-74-77-89(94)101-80-86(92)81-103-108(97,98)104-82-87(93)83-105-109(99,100)106-85-88(107-91(96)79-76-73-70-67-64-61-58-53-30-27-24-21-18-15-12-9-6-3)84-102-90(95)78-75-72-69-66-63-60-57-55-52-50-48-45-43-40-38-36-34-32-29-26-23-20-17-14-11-8-5-2/h7-12,16-21,25-30,33-36,39-41,43,86-88,92-93H,4-6,13-15,22-24,31-32,37-38,42,44-85H2,1-3H3,(H,97,98)(H,99,100)/b10-7-,11-8-,12-9-,19-16-,20-17-,21-18-,28-25-,29-26-,30-27-,35-33-,36-34-,41-39-,43-40-. The van der Waals surface area contributed by atoms with Gasteiger partial charge in [0.25, 0.3) is 0 Å². The number of phosphoric ester groups is 2. The van der Waals surface area contributed by atoms with Crippen LogP contribution in [-0.4, -0.2) is 95.9 Å². The third-order valence-corrected chi connectivity index (χ3v) is 19.6. The summed E-state index contributed by atoms with van der Waals surface area (Å²) >= 11 is 0. The molecule has 0 saturated heterocycles. The van der Waals surface area contributed by atoms with Crippen LogP contribution in [0.4, 0.5) is 0 Å². The molecule has 0 aliphatic rings. The third kappa shape index (κ3) is 83.9. The normalized spacial score (nSPS) is 14.7. The highest BCUT2D eigenvalue weighted by Crippen LogP contribution is 2.45. The smallest absolute Gasteiger partial charge is 0.463 e. The Labute approximate surface area is 663 Å². The van der Waals surface area contributed by atoms with E-state index in [9.17, 15) is 43.5 Å². The zero-order valence-corrected chi connectivity index (χ0v) is 70.2. The minimum Gasteiger partial charge on any atom is -0.463 e. The zero-order chi connectivity index (χ0) is 79.4. The lowest BCUT2D eigenvalue weighted by molar-refractivity contribution is -0.161. The maximum absolute atomic E-state index is 13.0. The number of carbonyl (C=O) groups is 3. The van der Waals surface area contributed by atoms with Crippen LogP contribution in [0.5, 0.6) is 0 Å². The molecule has 0 aliphatic heterocycles. The predicted octanol–water partition coefficient (Wildman–Crippen LogP) is 25.8. The van der Waals surface area contributed by atoms with Gasteiger partial charge in [0, 0.05) is 19.3 Å². The lowest BCUT2D eigenvalue weighted by Gasteiger charge is -2.21. The monoisotopic (exact) mass is 1570 g/mol. The Balaban J connectivity index is 4.57.